The van der Waals surface area contributed by atoms with Gasteiger partial charge in [0.1, 0.15) is 5.82 Å². The number of hydrogen-bond donors (Lipinski definition) is 2. The molecule has 4 heteroatoms. The Labute approximate surface area is 102 Å². The summed E-state index contributed by atoms with van der Waals surface area (Å²) in [5.74, 6) is 1.20. The molecule has 94 valence electrons. The lowest BCUT2D eigenvalue weighted by atomic mass is 9.97. The van der Waals surface area contributed by atoms with Crippen LogP contribution in [-0.4, -0.2) is 34.4 Å². The highest BCUT2D eigenvalue weighted by Gasteiger charge is 2.24. The van der Waals surface area contributed by atoms with Crippen LogP contribution in [0, 0.1) is 5.92 Å². The number of piperidine rings is 1. The van der Waals surface area contributed by atoms with E-state index < -0.39 is 6.10 Å². The minimum absolute atomic E-state index is 0.192. The van der Waals surface area contributed by atoms with Crippen LogP contribution in [0.25, 0.3) is 0 Å². The molecule has 2 unspecified atom stereocenters. The molecule has 17 heavy (non-hydrogen) atoms. The maximum absolute atomic E-state index is 9.68. The SMILES string of the molecule is CC1CN(c2ccc([C@@H](C)O)cn2)CCC1O. The van der Waals surface area contributed by atoms with Crippen molar-refractivity contribution in [2.45, 2.75) is 32.5 Å². The van der Waals surface area contributed by atoms with Crippen molar-refractivity contribution in [2.75, 3.05) is 18.0 Å². The van der Waals surface area contributed by atoms with Crippen molar-refractivity contribution in [3.63, 3.8) is 0 Å². The van der Waals surface area contributed by atoms with Crippen molar-refractivity contribution in [1.82, 2.24) is 4.98 Å². The molecule has 0 bridgehead atoms. The summed E-state index contributed by atoms with van der Waals surface area (Å²) in [5.41, 5.74) is 0.832. The van der Waals surface area contributed by atoms with E-state index in [9.17, 15) is 10.2 Å². The summed E-state index contributed by atoms with van der Waals surface area (Å²) >= 11 is 0. The fraction of sp³-hybridized carbons (Fsp3) is 0.615. The van der Waals surface area contributed by atoms with Crippen LogP contribution in [0.4, 0.5) is 5.82 Å². The van der Waals surface area contributed by atoms with E-state index in [-0.39, 0.29) is 12.0 Å². The molecule has 1 aromatic heterocycles. The third-order valence-corrected chi connectivity index (χ3v) is 3.44. The zero-order chi connectivity index (χ0) is 12.4. The smallest absolute Gasteiger partial charge is 0.128 e. The molecule has 1 fully saturated rings. The highest BCUT2D eigenvalue weighted by Crippen LogP contribution is 2.22. The van der Waals surface area contributed by atoms with Gasteiger partial charge in [-0.1, -0.05) is 13.0 Å². The van der Waals surface area contributed by atoms with E-state index >= 15 is 0 Å². The molecular weight excluding hydrogens is 216 g/mol. The van der Waals surface area contributed by atoms with Gasteiger partial charge in [-0.15, -0.1) is 0 Å². The van der Waals surface area contributed by atoms with Crippen LogP contribution in [0.3, 0.4) is 0 Å². The van der Waals surface area contributed by atoms with Gasteiger partial charge in [0.05, 0.1) is 12.2 Å². The number of nitrogens with zero attached hydrogens (tertiary/aromatic N) is 2. The van der Waals surface area contributed by atoms with Gasteiger partial charge in [-0.05, 0) is 30.9 Å². The molecule has 0 radical (unpaired) electrons. The molecule has 1 aromatic rings. The van der Waals surface area contributed by atoms with E-state index in [0.29, 0.717) is 0 Å². The van der Waals surface area contributed by atoms with Gasteiger partial charge in [-0.25, -0.2) is 4.98 Å². The van der Waals surface area contributed by atoms with E-state index in [1.165, 1.54) is 0 Å². The summed E-state index contributed by atoms with van der Waals surface area (Å²) in [6.07, 6.45) is 1.85. The van der Waals surface area contributed by atoms with Crippen molar-refractivity contribution in [2.24, 2.45) is 5.92 Å². The molecular formula is C13H20N2O2. The number of aliphatic hydroxyl groups is 2. The standard InChI is InChI=1S/C13H20N2O2/c1-9-8-15(6-5-12(9)17)13-4-3-11(7-14-13)10(2)16/h3-4,7,9-10,12,16-17H,5-6,8H2,1-2H3/t9?,10-,12?/m1/s1. The van der Waals surface area contributed by atoms with Crippen LogP contribution >= 0.6 is 0 Å². The minimum Gasteiger partial charge on any atom is -0.393 e. The van der Waals surface area contributed by atoms with E-state index in [0.717, 1.165) is 30.9 Å². The fourth-order valence-corrected chi connectivity index (χ4v) is 2.17. The van der Waals surface area contributed by atoms with Gasteiger partial charge in [0.2, 0.25) is 0 Å². The largest absolute Gasteiger partial charge is 0.393 e. The molecule has 2 N–H and O–H groups in total. The third-order valence-electron chi connectivity index (χ3n) is 3.44. The molecule has 1 aliphatic heterocycles. The van der Waals surface area contributed by atoms with Crippen molar-refractivity contribution in [1.29, 1.82) is 0 Å². The molecule has 2 heterocycles. The fourth-order valence-electron chi connectivity index (χ4n) is 2.17. The number of anilines is 1. The maximum Gasteiger partial charge on any atom is 0.128 e. The monoisotopic (exact) mass is 236 g/mol. The van der Waals surface area contributed by atoms with Gasteiger partial charge < -0.3 is 15.1 Å². The first kappa shape index (κ1) is 12.3. The van der Waals surface area contributed by atoms with E-state index in [1.54, 1.807) is 13.1 Å². The van der Waals surface area contributed by atoms with Crippen LogP contribution in [0.15, 0.2) is 18.3 Å². The van der Waals surface area contributed by atoms with Gasteiger partial charge in [-0.3, -0.25) is 0 Å². The van der Waals surface area contributed by atoms with Crippen LogP contribution in [0.2, 0.25) is 0 Å². The lowest BCUT2D eigenvalue weighted by Crippen LogP contribution is -2.42. The molecule has 0 aromatic carbocycles. The second-order valence-electron chi connectivity index (χ2n) is 4.91. The Balaban J connectivity index is 2.07. The number of pyridine rings is 1. The molecule has 0 saturated carbocycles. The summed E-state index contributed by atoms with van der Waals surface area (Å²) in [7, 11) is 0. The quantitative estimate of drug-likeness (QED) is 0.813. The molecule has 2 rings (SSSR count). The van der Waals surface area contributed by atoms with Crippen molar-refractivity contribution in [3.05, 3.63) is 23.9 Å². The first-order chi connectivity index (χ1) is 8.08. The molecule has 4 nitrogen and oxygen atoms in total. The van der Waals surface area contributed by atoms with Gasteiger partial charge in [0.25, 0.3) is 0 Å². The summed E-state index contributed by atoms with van der Waals surface area (Å²) in [5, 5.41) is 19.1. The molecule has 1 aliphatic rings. The molecule has 0 amide bonds. The highest BCUT2D eigenvalue weighted by atomic mass is 16.3. The summed E-state index contributed by atoms with van der Waals surface area (Å²) < 4.78 is 0. The van der Waals surface area contributed by atoms with Crippen LogP contribution in [0.1, 0.15) is 31.9 Å². The Morgan fingerprint density at radius 2 is 2.24 bits per heavy atom. The lowest BCUT2D eigenvalue weighted by molar-refractivity contribution is 0.0969. The second-order valence-corrected chi connectivity index (χ2v) is 4.91. The predicted octanol–water partition coefficient (Wildman–Crippen LogP) is 1.34. The summed E-state index contributed by atoms with van der Waals surface area (Å²) in [6.45, 7) is 5.46. The Morgan fingerprint density at radius 1 is 1.47 bits per heavy atom. The Bertz CT molecular complexity index is 364. The molecule has 0 spiro atoms. The van der Waals surface area contributed by atoms with Crippen molar-refractivity contribution < 1.29 is 10.2 Å². The number of hydrogen-bond acceptors (Lipinski definition) is 4. The zero-order valence-electron chi connectivity index (χ0n) is 10.4. The molecule has 1 saturated heterocycles. The first-order valence-electron chi connectivity index (χ1n) is 6.15. The van der Waals surface area contributed by atoms with Gasteiger partial charge in [-0.2, -0.15) is 0 Å². The average molecular weight is 236 g/mol. The molecule has 3 atom stereocenters. The topological polar surface area (TPSA) is 56.6 Å². The van der Waals surface area contributed by atoms with E-state index in [1.807, 2.05) is 12.1 Å². The Kier molecular flexibility index (Phi) is 3.64. The van der Waals surface area contributed by atoms with Gasteiger partial charge in [0, 0.05) is 19.3 Å². The summed E-state index contributed by atoms with van der Waals surface area (Å²) in [4.78, 5) is 6.55. The van der Waals surface area contributed by atoms with E-state index in [4.69, 9.17) is 0 Å². The van der Waals surface area contributed by atoms with Crippen molar-refractivity contribution in [3.8, 4) is 0 Å². The normalized spacial score (nSPS) is 26.9. The lowest BCUT2D eigenvalue weighted by Gasteiger charge is -2.35. The number of aliphatic hydroxyl groups excluding tert-OH is 2. The summed E-state index contributed by atoms with van der Waals surface area (Å²) in [6, 6.07) is 3.84. The number of aromatic nitrogens is 1. The molecule has 0 aliphatic carbocycles. The van der Waals surface area contributed by atoms with Crippen LogP contribution < -0.4 is 4.90 Å². The second kappa shape index (κ2) is 5.02. The third kappa shape index (κ3) is 2.76. The van der Waals surface area contributed by atoms with Gasteiger partial charge >= 0.3 is 0 Å². The minimum atomic E-state index is -0.473. The Hall–Kier alpha value is -1.13. The highest BCUT2D eigenvalue weighted by molar-refractivity contribution is 5.40. The first-order valence-corrected chi connectivity index (χ1v) is 6.15. The van der Waals surface area contributed by atoms with Gasteiger partial charge in [0.15, 0.2) is 0 Å². The maximum atomic E-state index is 9.68. The zero-order valence-corrected chi connectivity index (χ0v) is 10.4. The van der Waals surface area contributed by atoms with Crippen LogP contribution in [-0.2, 0) is 0 Å². The number of rotatable bonds is 2. The van der Waals surface area contributed by atoms with E-state index in [2.05, 4.69) is 16.8 Å². The average Bonchev–Trinajstić information content (AvgIpc) is 2.33. The van der Waals surface area contributed by atoms with Crippen molar-refractivity contribution >= 4 is 5.82 Å². The Morgan fingerprint density at radius 3 is 2.76 bits per heavy atom. The predicted molar refractivity (Wildman–Crippen MR) is 66.9 cm³/mol. The van der Waals surface area contributed by atoms with Crippen LogP contribution in [0.5, 0.6) is 0 Å².